The summed E-state index contributed by atoms with van der Waals surface area (Å²) >= 11 is 0. The Morgan fingerprint density at radius 2 is 1.94 bits per heavy atom. The fourth-order valence-electron chi connectivity index (χ4n) is 2.29. The summed E-state index contributed by atoms with van der Waals surface area (Å²) in [6, 6.07) is 11.1. The van der Waals surface area contributed by atoms with Crippen molar-refractivity contribution in [3.8, 4) is 6.07 Å². The van der Waals surface area contributed by atoms with Gasteiger partial charge in [0.25, 0.3) is 0 Å². The number of nitriles is 1. The summed E-state index contributed by atoms with van der Waals surface area (Å²) < 4.78 is 0. The molecule has 1 N–H and O–H groups in total. The lowest BCUT2D eigenvalue weighted by molar-refractivity contribution is 0.646. The molecule has 0 saturated carbocycles. The number of hydrogen-bond acceptors (Lipinski definition) is 2. The molecule has 16 heavy (non-hydrogen) atoms. The van der Waals surface area contributed by atoms with Gasteiger partial charge in [-0.15, -0.1) is 0 Å². The standard InChI is InChI=1S/C14H18N2/c1-10(2)11-3-5-12(6-4-11)14-9-16-8-13(14)7-15/h3-6,10,13-14,16H,8-9H2,1-2H3/t13-,14-/m0/s1. The van der Waals surface area contributed by atoms with E-state index in [4.69, 9.17) is 5.26 Å². The molecule has 0 bridgehead atoms. The molecule has 1 aromatic rings. The summed E-state index contributed by atoms with van der Waals surface area (Å²) in [6.45, 7) is 6.15. The summed E-state index contributed by atoms with van der Waals surface area (Å²) in [6.07, 6.45) is 0. The number of hydrogen-bond donors (Lipinski definition) is 1. The van der Waals surface area contributed by atoms with E-state index in [0.29, 0.717) is 11.8 Å². The second-order valence-electron chi connectivity index (χ2n) is 4.82. The summed E-state index contributed by atoms with van der Waals surface area (Å²) in [5.41, 5.74) is 2.66. The summed E-state index contributed by atoms with van der Waals surface area (Å²) in [4.78, 5) is 0. The van der Waals surface area contributed by atoms with Crippen molar-refractivity contribution in [2.45, 2.75) is 25.7 Å². The number of nitrogens with one attached hydrogen (secondary N) is 1. The van der Waals surface area contributed by atoms with Crippen LogP contribution in [0.1, 0.15) is 36.8 Å². The van der Waals surface area contributed by atoms with Gasteiger partial charge in [-0.05, 0) is 17.0 Å². The Kier molecular flexibility index (Phi) is 3.26. The highest BCUT2D eigenvalue weighted by Crippen LogP contribution is 2.28. The molecule has 0 spiro atoms. The van der Waals surface area contributed by atoms with Gasteiger partial charge in [0.05, 0.1) is 12.0 Å². The Bertz CT molecular complexity index is 386. The highest BCUT2D eigenvalue weighted by molar-refractivity contribution is 5.29. The zero-order valence-electron chi connectivity index (χ0n) is 9.90. The van der Waals surface area contributed by atoms with Gasteiger partial charge in [0.15, 0.2) is 0 Å². The van der Waals surface area contributed by atoms with Crippen LogP contribution in [0.5, 0.6) is 0 Å². The third-order valence-corrected chi connectivity index (χ3v) is 3.41. The van der Waals surface area contributed by atoms with E-state index in [0.717, 1.165) is 13.1 Å². The predicted molar refractivity (Wildman–Crippen MR) is 65.2 cm³/mol. The summed E-state index contributed by atoms with van der Waals surface area (Å²) in [7, 11) is 0. The van der Waals surface area contributed by atoms with E-state index in [-0.39, 0.29) is 5.92 Å². The zero-order valence-corrected chi connectivity index (χ0v) is 9.90. The third-order valence-electron chi connectivity index (χ3n) is 3.41. The van der Waals surface area contributed by atoms with Crippen molar-refractivity contribution in [2.75, 3.05) is 13.1 Å². The quantitative estimate of drug-likeness (QED) is 0.821. The first-order valence-corrected chi connectivity index (χ1v) is 5.92. The van der Waals surface area contributed by atoms with Crippen LogP contribution in [0, 0.1) is 17.2 Å². The van der Waals surface area contributed by atoms with E-state index in [1.807, 2.05) is 0 Å². The molecular formula is C14H18N2. The first-order chi connectivity index (χ1) is 7.72. The molecule has 0 unspecified atom stereocenters. The minimum atomic E-state index is 0.130. The fraction of sp³-hybridized carbons (Fsp3) is 0.500. The van der Waals surface area contributed by atoms with Crippen LogP contribution in [0.4, 0.5) is 0 Å². The lowest BCUT2D eigenvalue weighted by atomic mass is 9.88. The Morgan fingerprint density at radius 3 is 2.50 bits per heavy atom. The van der Waals surface area contributed by atoms with Gasteiger partial charge < -0.3 is 5.32 Å². The maximum absolute atomic E-state index is 9.05. The molecule has 84 valence electrons. The average Bonchev–Trinajstić information content (AvgIpc) is 2.77. The molecule has 1 saturated heterocycles. The fourth-order valence-corrected chi connectivity index (χ4v) is 2.29. The minimum absolute atomic E-state index is 0.130. The average molecular weight is 214 g/mol. The molecule has 1 aliphatic rings. The topological polar surface area (TPSA) is 35.8 Å². The molecule has 1 fully saturated rings. The van der Waals surface area contributed by atoms with E-state index in [1.165, 1.54) is 11.1 Å². The number of rotatable bonds is 2. The Balaban J connectivity index is 2.19. The van der Waals surface area contributed by atoms with E-state index >= 15 is 0 Å². The van der Waals surface area contributed by atoms with Crippen molar-refractivity contribution in [1.82, 2.24) is 5.32 Å². The van der Waals surface area contributed by atoms with E-state index in [2.05, 4.69) is 49.5 Å². The monoisotopic (exact) mass is 214 g/mol. The van der Waals surface area contributed by atoms with Crippen molar-refractivity contribution in [1.29, 1.82) is 5.26 Å². The van der Waals surface area contributed by atoms with Crippen LogP contribution in [0.2, 0.25) is 0 Å². The van der Waals surface area contributed by atoms with Crippen LogP contribution in [0.15, 0.2) is 24.3 Å². The van der Waals surface area contributed by atoms with Crippen LogP contribution in [-0.4, -0.2) is 13.1 Å². The number of benzene rings is 1. The molecule has 1 aromatic carbocycles. The maximum atomic E-state index is 9.05. The van der Waals surface area contributed by atoms with Crippen LogP contribution in [0.25, 0.3) is 0 Å². The molecule has 1 heterocycles. The summed E-state index contributed by atoms with van der Waals surface area (Å²) in [5, 5.41) is 12.3. The van der Waals surface area contributed by atoms with Crippen LogP contribution in [-0.2, 0) is 0 Å². The third kappa shape index (κ3) is 2.10. The molecule has 2 nitrogen and oxygen atoms in total. The van der Waals surface area contributed by atoms with Gasteiger partial charge in [-0.1, -0.05) is 38.1 Å². The molecule has 2 heteroatoms. The van der Waals surface area contributed by atoms with Crippen LogP contribution in [0.3, 0.4) is 0 Å². The van der Waals surface area contributed by atoms with Crippen LogP contribution < -0.4 is 5.32 Å². The van der Waals surface area contributed by atoms with E-state index in [1.54, 1.807) is 0 Å². The smallest absolute Gasteiger partial charge is 0.0676 e. The zero-order chi connectivity index (χ0) is 11.5. The molecule has 2 atom stereocenters. The lowest BCUT2D eigenvalue weighted by Gasteiger charge is -2.14. The van der Waals surface area contributed by atoms with E-state index in [9.17, 15) is 0 Å². The Morgan fingerprint density at radius 1 is 1.25 bits per heavy atom. The molecule has 2 rings (SSSR count). The van der Waals surface area contributed by atoms with Gasteiger partial charge in [-0.2, -0.15) is 5.26 Å². The van der Waals surface area contributed by atoms with Gasteiger partial charge >= 0.3 is 0 Å². The van der Waals surface area contributed by atoms with Crippen molar-refractivity contribution in [3.63, 3.8) is 0 Å². The molecule has 0 aliphatic carbocycles. The number of nitrogens with zero attached hydrogens (tertiary/aromatic N) is 1. The maximum Gasteiger partial charge on any atom is 0.0676 e. The van der Waals surface area contributed by atoms with Crippen molar-refractivity contribution >= 4 is 0 Å². The Hall–Kier alpha value is -1.33. The first-order valence-electron chi connectivity index (χ1n) is 5.92. The molecule has 1 aliphatic heterocycles. The van der Waals surface area contributed by atoms with Crippen molar-refractivity contribution in [3.05, 3.63) is 35.4 Å². The van der Waals surface area contributed by atoms with Gasteiger partial charge in [0.1, 0.15) is 0 Å². The van der Waals surface area contributed by atoms with Crippen molar-refractivity contribution < 1.29 is 0 Å². The van der Waals surface area contributed by atoms with Gasteiger partial charge in [-0.3, -0.25) is 0 Å². The van der Waals surface area contributed by atoms with Gasteiger partial charge in [-0.25, -0.2) is 0 Å². The van der Waals surface area contributed by atoms with Gasteiger partial charge in [0.2, 0.25) is 0 Å². The largest absolute Gasteiger partial charge is 0.315 e. The minimum Gasteiger partial charge on any atom is -0.315 e. The Labute approximate surface area is 97.3 Å². The predicted octanol–water partition coefficient (Wildman–Crippen LogP) is 2.64. The van der Waals surface area contributed by atoms with Crippen molar-refractivity contribution in [2.24, 2.45) is 5.92 Å². The first kappa shape index (κ1) is 11.2. The van der Waals surface area contributed by atoms with Crippen LogP contribution >= 0.6 is 0 Å². The molecule has 0 amide bonds. The summed E-state index contributed by atoms with van der Waals surface area (Å²) in [5.74, 6) is 1.07. The highest BCUT2D eigenvalue weighted by Gasteiger charge is 2.27. The molecule has 0 aromatic heterocycles. The second kappa shape index (κ2) is 4.67. The normalized spacial score (nSPS) is 24.6. The molecular weight excluding hydrogens is 196 g/mol. The molecule has 0 radical (unpaired) electrons. The van der Waals surface area contributed by atoms with E-state index < -0.39 is 0 Å². The second-order valence-corrected chi connectivity index (χ2v) is 4.82. The highest BCUT2D eigenvalue weighted by atomic mass is 14.9. The SMILES string of the molecule is CC(C)c1ccc([C@@H]2CNC[C@@H]2C#N)cc1. The lowest BCUT2D eigenvalue weighted by Crippen LogP contribution is -2.08. The van der Waals surface area contributed by atoms with Gasteiger partial charge in [0, 0.05) is 19.0 Å².